The third-order valence-corrected chi connectivity index (χ3v) is 2.65. The van der Waals surface area contributed by atoms with Crippen LogP contribution in [0.3, 0.4) is 0 Å². The number of carboxylic acids is 1. The molecule has 0 heterocycles. The summed E-state index contributed by atoms with van der Waals surface area (Å²) in [6, 6.07) is 4.41. The molecule has 6 nitrogen and oxygen atoms in total. The molecule has 0 aliphatic carbocycles. The van der Waals surface area contributed by atoms with E-state index in [1.807, 2.05) is 0 Å². The fourth-order valence-corrected chi connectivity index (χ4v) is 1.61. The Morgan fingerprint density at radius 1 is 1.28 bits per heavy atom. The maximum absolute atomic E-state index is 11.4. The Balaban J connectivity index is 3.18. The molecule has 0 aromatic heterocycles. The first-order valence-corrected chi connectivity index (χ1v) is 5.17. The molecule has 0 radical (unpaired) electrons. The topological polar surface area (TPSA) is 104 Å². The largest absolute Gasteiger partial charge is 0.479 e. The number of carbonyl (C=O) groups is 2. The molecular formula is C12H14O6. The zero-order valence-corrected chi connectivity index (χ0v) is 9.95. The molecule has 0 bridgehead atoms. The summed E-state index contributed by atoms with van der Waals surface area (Å²) >= 11 is 0. The van der Waals surface area contributed by atoms with Gasteiger partial charge in [0.2, 0.25) is 0 Å². The van der Waals surface area contributed by atoms with Crippen LogP contribution in [0.25, 0.3) is 0 Å². The summed E-state index contributed by atoms with van der Waals surface area (Å²) < 4.78 is 4.56. The number of carbonyl (C=O) groups excluding carboxylic acids is 1. The fraction of sp³-hybridized carbons (Fsp3) is 0.333. The van der Waals surface area contributed by atoms with Crippen LogP contribution in [0.4, 0.5) is 0 Å². The molecule has 0 saturated heterocycles. The molecule has 6 heteroatoms. The van der Waals surface area contributed by atoms with Crippen molar-refractivity contribution in [3.8, 4) is 0 Å². The molecule has 0 saturated carbocycles. The summed E-state index contributed by atoms with van der Waals surface area (Å²) in [5.74, 6) is -2.13. The quantitative estimate of drug-likeness (QED) is 0.666. The number of carboxylic acid groups (broad SMARTS) is 1. The van der Waals surface area contributed by atoms with E-state index in [1.165, 1.54) is 25.3 Å². The normalized spacial score (nSPS) is 13.8. The van der Waals surface area contributed by atoms with Gasteiger partial charge in [-0.2, -0.15) is 0 Å². The van der Waals surface area contributed by atoms with Gasteiger partial charge in [0.15, 0.2) is 6.10 Å². The van der Waals surface area contributed by atoms with Crippen LogP contribution in [-0.2, 0) is 9.53 Å². The Hall–Kier alpha value is -1.92. The Morgan fingerprint density at radius 3 is 2.39 bits per heavy atom. The van der Waals surface area contributed by atoms with Crippen molar-refractivity contribution in [1.29, 1.82) is 0 Å². The van der Waals surface area contributed by atoms with Gasteiger partial charge >= 0.3 is 11.9 Å². The molecule has 0 aliphatic rings. The van der Waals surface area contributed by atoms with Gasteiger partial charge in [0.05, 0.1) is 12.7 Å². The van der Waals surface area contributed by atoms with Gasteiger partial charge in [0, 0.05) is 0 Å². The number of aliphatic hydroxyl groups excluding tert-OH is 2. The van der Waals surface area contributed by atoms with Gasteiger partial charge in [-0.1, -0.05) is 12.1 Å². The van der Waals surface area contributed by atoms with Crippen LogP contribution in [0, 0.1) is 6.92 Å². The molecule has 98 valence electrons. The first-order chi connectivity index (χ1) is 8.40. The van der Waals surface area contributed by atoms with E-state index in [4.69, 9.17) is 5.11 Å². The molecule has 2 atom stereocenters. The number of methoxy groups -OCH3 is 1. The molecule has 0 spiro atoms. The zero-order chi connectivity index (χ0) is 13.9. The van der Waals surface area contributed by atoms with Gasteiger partial charge in [-0.05, 0) is 24.1 Å². The highest BCUT2D eigenvalue weighted by molar-refractivity contribution is 5.91. The lowest BCUT2D eigenvalue weighted by Gasteiger charge is -2.17. The Kier molecular flexibility index (Phi) is 4.41. The van der Waals surface area contributed by atoms with Gasteiger partial charge in [-0.25, -0.2) is 9.59 Å². The minimum Gasteiger partial charge on any atom is -0.479 e. The number of hydrogen-bond donors (Lipinski definition) is 3. The summed E-state index contributed by atoms with van der Waals surface area (Å²) in [5, 5.41) is 27.7. The lowest BCUT2D eigenvalue weighted by molar-refractivity contribution is -0.153. The second-order valence-electron chi connectivity index (χ2n) is 3.74. The van der Waals surface area contributed by atoms with Crippen molar-refractivity contribution in [2.75, 3.05) is 7.11 Å². The summed E-state index contributed by atoms with van der Waals surface area (Å²) in [4.78, 5) is 22.0. The van der Waals surface area contributed by atoms with Crippen molar-refractivity contribution in [1.82, 2.24) is 0 Å². The summed E-state index contributed by atoms with van der Waals surface area (Å²) in [6.45, 7) is 1.54. The number of aliphatic hydroxyl groups is 2. The smallest absolute Gasteiger partial charge is 0.338 e. The SMILES string of the molecule is COC(=O)c1cccc(C(O)C(O)C(=O)O)c1C. The van der Waals surface area contributed by atoms with E-state index in [1.54, 1.807) is 6.92 Å². The van der Waals surface area contributed by atoms with Crippen molar-refractivity contribution in [2.24, 2.45) is 0 Å². The molecule has 0 fully saturated rings. The average molecular weight is 254 g/mol. The van der Waals surface area contributed by atoms with Crippen molar-refractivity contribution < 1.29 is 29.6 Å². The number of ether oxygens (including phenoxy) is 1. The monoisotopic (exact) mass is 254 g/mol. The van der Waals surface area contributed by atoms with Crippen LogP contribution in [0.1, 0.15) is 27.6 Å². The average Bonchev–Trinajstić information content (AvgIpc) is 2.36. The number of hydrogen-bond acceptors (Lipinski definition) is 5. The van der Waals surface area contributed by atoms with Crippen LogP contribution >= 0.6 is 0 Å². The third kappa shape index (κ3) is 2.66. The van der Waals surface area contributed by atoms with Gasteiger partial charge in [-0.3, -0.25) is 0 Å². The van der Waals surface area contributed by atoms with Crippen LogP contribution in [-0.4, -0.2) is 40.5 Å². The molecule has 1 rings (SSSR count). The Bertz CT molecular complexity index is 468. The minimum atomic E-state index is -1.95. The van der Waals surface area contributed by atoms with Crippen LogP contribution < -0.4 is 0 Å². The van der Waals surface area contributed by atoms with Gasteiger partial charge in [0.1, 0.15) is 6.10 Å². The van der Waals surface area contributed by atoms with E-state index in [-0.39, 0.29) is 11.1 Å². The van der Waals surface area contributed by atoms with Crippen molar-refractivity contribution in [3.05, 3.63) is 34.9 Å². The predicted molar refractivity (Wildman–Crippen MR) is 61.1 cm³/mol. The maximum atomic E-state index is 11.4. The summed E-state index contributed by atoms with van der Waals surface area (Å²) in [7, 11) is 1.22. The fourth-order valence-electron chi connectivity index (χ4n) is 1.61. The van der Waals surface area contributed by atoms with E-state index in [9.17, 15) is 19.8 Å². The van der Waals surface area contributed by atoms with E-state index in [0.717, 1.165) is 0 Å². The summed E-state index contributed by atoms with van der Waals surface area (Å²) in [6.07, 6.45) is -3.55. The van der Waals surface area contributed by atoms with Crippen molar-refractivity contribution in [2.45, 2.75) is 19.1 Å². The van der Waals surface area contributed by atoms with Crippen molar-refractivity contribution >= 4 is 11.9 Å². The highest BCUT2D eigenvalue weighted by Gasteiger charge is 2.27. The van der Waals surface area contributed by atoms with Gasteiger partial charge in [-0.15, -0.1) is 0 Å². The third-order valence-electron chi connectivity index (χ3n) is 2.65. The lowest BCUT2D eigenvalue weighted by atomic mass is 9.95. The first-order valence-electron chi connectivity index (χ1n) is 5.17. The van der Waals surface area contributed by atoms with Crippen molar-refractivity contribution in [3.63, 3.8) is 0 Å². The second-order valence-corrected chi connectivity index (χ2v) is 3.74. The number of rotatable bonds is 4. The number of aliphatic carboxylic acids is 1. The summed E-state index contributed by atoms with van der Waals surface area (Å²) in [5.41, 5.74) is 0.761. The molecule has 1 aromatic carbocycles. The lowest BCUT2D eigenvalue weighted by Crippen LogP contribution is -2.28. The predicted octanol–water partition coefficient (Wildman–Crippen LogP) is 0.261. The highest BCUT2D eigenvalue weighted by Crippen LogP contribution is 2.24. The van der Waals surface area contributed by atoms with Gasteiger partial charge < -0.3 is 20.1 Å². The van der Waals surface area contributed by atoms with Crippen LogP contribution in [0.2, 0.25) is 0 Å². The molecule has 0 amide bonds. The minimum absolute atomic E-state index is 0.174. The van der Waals surface area contributed by atoms with E-state index < -0.39 is 24.1 Å². The molecule has 2 unspecified atom stereocenters. The van der Waals surface area contributed by atoms with Crippen LogP contribution in [0.5, 0.6) is 0 Å². The second kappa shape index (κ2) is 5.61. The van der Waals surface area contributed by atoms with Crippen LogP contribution in [0.15, 0.2) is 18.2 Å². The van der Waals surface area contributed by atoms with Gasteiger partial charge in [0.25, 0.3) is 0 Å². The molecule has 1 aromatic rings. The maximum Gasteiger partial charge on any atom is 0.338 e. The molecule has 18 heavy (non-hydrogen) atoms. The Labute approximate surface area is 103 Å². The number of esters is 1. The first kappa shape index (κ1) is 14.1. The van der Waals surface area contributed by atoms with E-state index in [2.05, 4.69) is 4.74 Å². The zero-order valence-electron chi connectivity index (χ0n) is 9.95. The van der Waals surface area contributed by atoms with E-state index in [0.29, 0.717) is 5.56 Å². The standard InChI is InChI=1S/C12H14O6/c1-6-7(9(13)10(14)11(15)16)4-3-5-8(6)12(17)18-2/h3-5,9-10,13-14H,1-2H3,(H,15,16). The highest BCUT2D eigenvalue weighted by atomic mass is 16.5. The molecular weight excluding hydrogens is 240 g/mol. The number of benzene rings is 1. The molecule has 3 N–H and O–H groups in total. The van der Waals surface area contributed by atoms with E-state index >= 15 is 0 Å². The Morgan fingerprint density at radius 2 is 1.89 bits per heavy atom. The molecule has 0 aliphatic heterocycles.